The van der Waals surface area contributed by atoms with Gasteiger partial charge in [0.1, 0.15) is 29.3 Å². The van der Waals surface area contributed by atoms with Gasteiger partial charge in [-0.2, -0.15) is 0 Å². The van der Waals surface area contributed by atoms with Crippen LogP contribution in [0.3, 0.4) is 0 Å². The lowest BCUT2D eigenvalue weighted by molar-refractivity contribution is 0.290. The van der Waals surface area contributed by atoms with Gasteiger partial charge in [-0.25, -0.2) is 4.98 Å². The number of benzene rings is 1. The number of ether oxygens (including phenoxy) is 1. The van der Waals surface area contributed by atoms with Crippen molar-refractivity contribution in [2.24, 2.45) is 0 Å². The van der Waals surface area contributed by atoms with Crippen molar-refractivity contribution in [3.8, 4) is 5.75 Å². The Morgan fingerprint density at radius 1 is 1.16 bits per heavy atom. The van der Waals surface area contributed by atoms with Gasteiger partial charge in [0.15, 0.2) is 0 Å². The fourth-order valence-corrected chi connectivity index (χ4v) is 1.97. The van der Waals surface area contributed by atoms with Crippen LogP contribution in [0.4, 0.5) is 0 Å². The van der Waals surface area contributed by atoms with Gasteiger partial charge in [0.2, 0.25) is 0 Å². The Morgan fingerprint density at radius 3 is 2.84 bits per heavy atom. The summed E-state index contributed by atoms with van der Waals surface area (Å²) in [4.78, 5) is 4.52. The Morgan fingerprint density at radius 2 is 2.05 bits per heavy atom. The molecule has 4 nitrogen and oxygen atoms in total. The quantitative estimate of drug-likeness (QED) is 0.718. The highest BCUT2D eigenvalue weighted by atomic mass is 16.5. The Hall–Kier alpha value is -2.36. The van der Waals surface area contributed by atoms with Gasteiger partial charge in [0.25, 0.3) is 0 Å². The smallest absolute Gasteiger partial charge is 0.146 e. The van der Waals surface area contributed by atoms with Crippen LogP contribution in [0.25, 0.3) is 10.9 Å². The fraction of sp³-hybridized carbons (Fsp3) is 0.200. The highest BCUT2D eigenvalue weighted by Gasteiger charge is 2.06. The Bertz CT molecular complexity index is 719. The minimum atomic E-state index is 0.381. The van der Waals surface area contributed by atoms with E-state index in [2.05, 4.69) is 10.1 Å². The molecular formula is C15H14N2O2. The monoisotopic (exact) mass is 254 g/mol. The van der Waals surface area contributed by atoms with Crippen molar-refractivity contribution in [1.29, 1.82) is 0 Å². The zero-order chi connectivity index (χ0) is 13.2. The molecule has 0 fully saturated rings. The van der Waals surface area contributed by atoms with Gasteiger partial charge in [-0.05, 0) is 26.0 Å². The van der Waals surface area contributed by atoms with Crippen LogP contribution >= 0.6 is 0 Å². The maximum absolute atomic E-state index is 5.79. The van der Waals surface area contributed by atoms with Crippen molar-refractivity contribution in [2.75, 3.05) is 0 Å². The summed E-state index contributed by atoms with van der Waals surface area (Å²) in [5.74, 6) is 1.55. The predicted molar refractivity (Wildman–Crippen MR) is 72.1 cm³/mol. The number of hydrogen-bond donors (Lipinski definition) is 0. The normalized spacial score (nSPS) is 10.8. The minimum absolute atomic E-state index is 0.381. The van der Waals surface area contributed by atoms with E-state index in [1.54, 1.807) is 0 Å². The summed E-state index contributed by atoms with van der Waals surface area (Å²) in [5.41, 5.74) is 2.63. The average molecular weight is 254 g/mol. The van der Waals surface area contributed by atoms with Gasteiger partial charge < -0.3 is 9.26 Å². The van der Waals surface area contributed by atoms with E-state index < -0.39 is 0 Å². The fourth-order valence-electron chi connectivity index (χ4n) is 1.97. The topological polar surface area (TPSA) is 48.2 Å². The maximum Gasteiger partial charge on any atom is 0.146 e. The van der Waals surface area contributed by atoms with E-state index in [1.165, 1.54) is 0 Å². The summed E-state index contributed by atoms with van der Waals surface area (Å²) >= 11 is 0. The molecule has 0 amide bonds. The molecule has 0 radical (unpaired) electrons. The molecule has 96 valence electrons. The first kappa shape index (κ1) is 11.7. The van der Waals surface area contributed by atoms with Crippen molar-refractivity contribution in [3.63, 3.8) is 0 Å². The van der Waals surface area contributed by atoms with Crippen molar-refractivity contribution < 1.29 is 9.26 Å². The molecular weight excluding hydrogens is 240 g/mol. The van der Waals surface area contributed by atoms with Gasteiger partial charge in [0, 0.05) is 17.1 Å². The summed E-state index contributed by atoms with van der Waals surface area (Å²) in [6, 6.07) is 11.8. The molecule has 1 aromatic carbocycles. The molecule has 2 aromatic heterocycles. The van der Waals surface area contributed by atoms with Crippen LogP contribution in [-0.2, 0) is 6.61 Å². The van der Waals surface area contributed by atoms with Crippen molar-refractivity contribution >= 4 is 10.9 Å². The second kappa shape index (κ2) is 4.72. The first-order valence-corrected chi connectivity index (χ1v) is 6.14. The Balaban J connectivity index is 1.90. The average Bonchev–Trinajstić information content (AvgIpc) is 2.82. The molecule has 0 N–H and O–H groups in total. The van der Waals surface area contributed by atoms with E-state index in [4.69, 9.17) is 9.26 Å². The van der Waals surface area contributed by atoms with Crippen molar-refractivity contribution in [1.82, 2.24) is 10.1 Å². The van der Waals surface area contributed by atoms with E-state index in [9.17, 15) is 0 Å². The van der Waals surface area contributed by atoms with E-state index >= 15 is 0 Å². The van der Waals surface area contributed by atoms with Crippen LogP contribution in [0.15, 0.2) is 40.9 Å². The van der Waals surface area contributed by atoms with Crippen molar-refractivity contribution in [2.45, 2.75) is 20.5 Å². The number of rotatable bonds is 3. The standard InChI is InChI=1S/C15H14N2O2/c1-10-6-7-12-4-3-5-14(15(12)16-10)18-9-13-8-11(2)19-17-13/h3-8H,9H2,1-2H3. The van der Waals surface area contributed by atoms with Crippen LogP contribution in [-0.4, -0.2) is 10.1 Å². The molecule has 0 bridgehead atoms. The zero-order valence-corrected chi connectivity index (χ0v) is 10.9. The highest BCUT2D eigenvalue weighted by molar-refractivity contribution is 5.84. The van der Waals surface area contributed by atoms with Crippen LogP contribution in [0.2, 0.25) is 0 Å². The van der Waals surface area contributed by atoms with Crippen LogP contribution in [0.5, 0.6) is 5.75 Å². The molecule has 0 aliphatic heterocycles. The van der Waals surface area contributed by atoms with Gasteiger partial charge in [-0.15, -0.1) is 0 Å². The van der Waals surface area contributed by atoms with E-state index in [0.717, 1.165) is 33.8 Å². The SMILES string of the molecule is Cc1ccc2cccc(OCc3cc(C)on3)c2n1. The molecule has 4 heteroatoms. The summed E-state index contributed by atoms with van der Waals surface area (Å²) in [6.45, 7) is 4.21. The largest absolute Gasteiger partial charge is 0.485 e. The molecule has 0 aliphatic rings. The van der Waals surface area contributed by atoms with Gasteiger partial charge >= 0.3 is 0 Å². The van der Waals surface area contributed by atoms with Crippen molar-refractivity contribution in [3.05, 3.63) is 53.5 Å². The molecule has 0 atom stereocenters. The van der Waals surface area contributed by atoms with Gasteiger partial charge in [0.05, 0.1) is 0 Å². The molecule has 2 heterocycles. The number of nitrogens with zero attached hydrogens (tertiary/aromatic N) is 2. The summed E-state index contributed by atoms with van der Waals surface area (Å²) in [6.07, 6.45) is 0. The minimum Gasteiger partial charge on any atom is -0.485 e. The maximum atomic E-state index is 5.79. The Kier molecular flexibility index (Phi) is 2.91. The first-order valence-electron chi connectivity index (χ1n) is 6.14. The third-order valence-corrected chi connectivity index (χ3v) is 2.87. The highest BCUT2D eigenvalue weighted by Crippen LogP contribution is 2.24. The molecule has 0 saturated carbocycles. The van der Waals surface area contributed by atoms with E-state index in [1.807, 2.05) is 50.2 Å². The summed E-state index contributed by atoms with van der Waals surface area (Å²) in [5, 5.41) is 4.98. The molecule has 0 spiro atoms. The van der Waals surface area contributed by atoms with E-state index in [-0.39, 0.29) is 0 Å². The number of aryl methyl sites for hydroxylation is 2. The molecule has 3 aromatic rings. The van der Waals surface area contributed by atoms with Crippen LogP contribution in [0, 0.1) is 13.8 Å². The summed E-state index contributed by atoms with van der Waals surface area (Å²) in [7, 11) is 0. The Labute approximate surface area is 111 Å². The lowest BCUT2D eigenvalue weighted by atomic mass is 10.2. The molecule has 0 aliphatic carbocycles. The molecule has 3 rings (SSSR count). The third-order valence-electron chi connectivity index (χ3n) is 2.87. The number of para-hydroxylation sites is 1. The van der Waals surface area contributed by atoms with Crippen LogP contribution in [0.1, 0.15) is 17.1 Å². The number of aromatic nitrogens is 2. The molecule has 0 saturated heterocycles. The van der Waals surface area contributed by atoms with Crippen LogP contribution < -0.4 is 4.74 Å². The number of fused-ring (bicyclic) bond motifs is 1. The second-order valence-electron chi connectivity index (χ2n) is 4.50. The molecule has 0 unspecified atom stereocenters. The van der Waals surface area contributed by atoms with Gasteiger partial charge in [-0.1, -0.05) is 23.4 Å². The molecule has 19 heavy (non-hydrogen) atoms. The zero-order valence-electron chi connectivity index (χ0n) is 10.9. The van der Waals surface area contributed by atoms with E-state index in [0.29, 0.717) is 6.61 Å². The number of pyridine rings is 1. The van der Waals surface area contributed by atoms with Gasteiger partial charge in [-0.3, -0.25) is 0 Å². The lowest BCUT2D eigenvalue weighted by Crippen LogP contribution is -1.97. The predicted octanol–water partition coefficient (Wildman–Crippen LogP) is 3.42. The third kappa shape index (κ3) is 2.42. The number of hydrogen-bond acceptors (Lipinski definition) is 4. The summed E-state index contributed by atoms with van der Waals surface area (Å²) < 4.78 is 10.8. The second-order valence-corrected chi connectivity index (χ2v) is 4.50. The first-order chi connectivity index (χ1) is 9.22. The lowest BCUT2D eigenvalue weighted by Gasteiger charge is -2.07.